The summed E-state index contributed by atoms with van der Waals surface area (Å²) in [5.74, 6) is 1.28. The summed E-state index contributed by atoms with van der Waals surface area (Å²) in [4.78, 5) is 12.8. The topological polar surface area (TPSA) is 47.6 Å². The van der Waals surface area contributed by atoms with Gasteiger partial charge in [-0.15, -0.1) is 0 Å². The first-order chi connectivity index (χ1) is 10.6. The highest BCUT2D eigenvalue weighted by Crippen LogP contribution is 2.36. The molecule has 1 fully saturated rings. The summed E-state index contributed by atoms with van der Waals surface area (Å²) in [7, 11) is 1.63. The number of anilines is 1. The van der Waals surface area contributed by atoms with Gasteiger partial charge in [0, 0.05) is 12.3 Å². The number of ether oxygens (including phenoxy) is 2. The van der Waals surface area contributed by atoms with E-state index in [0.29, 0.717) is 12.5 Å². The Bertz CT molecular complexity index is 486. The van der Waals surface area contributed by atoms with Crippen LogP contribution in [0.4, 0.5) is 5.69 Å². The van der Waals surface area contributed by atoms with Gasteiger partial charge in [0.05, 0.1) is 7.11 Å². The van der Waals surface area contributed by atoms with Crippen LogP contribution in [0.2, 0.25) is 0 Å². The lowest BCUT2D eigenvalue weighted by Gasteiger charge is -2.38. The minimum absolute atomic E-state index is 0.0160. The molecule has 1 saturated carbocycles. The highest BCUT2D eigenvalue weighted by molar-refractivity contribution is 5.97. The monoisotopic (exact) mass is 305 g/mol. The fourth-order valence-electron chi connectivity index (χ4n) is 3.12. The van der Waals surface area contributed by atoms with Gasteiger partial charge in [0.25, 0.3) is 5.91 Å². The zero-order chi connectivity index (χ0) is 16.0. The second kappa shape index (κ2) is 7.63. The maximum Gasteiger partial charge on any atom is 0.256 e. The van der Waals surface area contributed by atoms with E-state index >= 15 is 0 Å². The van der Waals surface area contributed by atoms with Gasteiger partial charge >= 0.3 is 0 Å². The van der Waals surface area contributed by atoms with Crippen molar-refractivity contribution < 1.29 is 14.3 Å². The Morgan fingerprint density at radius 3 is 2.68 bits per heavy atom. The van der Waals surface area contributed by atoms with Crippen LogP contribution >= 0.6 is 0 Å². The lowest BCUT2D eigenvalue weighted by atomic mass is 9.78. The predicted octanol–water partition coefficient (Wildman–Crippen LogP) is 4.01. The van der Waals surface area contributed by atoms with Gasteiger partial charge in [0.15, 0.2) is 0 Å². The van der Waals surface area contributed by atoms with E-state index in [1.54, 1.807) is 7.11 Å². The van der Waals surface area contributed by atoms with Gasteiger partial charge in [0.2, 0.25) is 0 Å². The highest BCUT2D eigenvalue weighted by atomic mass is 16.5. The van der Waals surface area contributed by atoms with Crippen molar-refractivity contribution in [3.8, 4) is 5.75 Å². The molecular formula is C18H27NO3. The largest absolute Gasteiger partial charge is 0.497 e. The molecule has 1 aromatic rings. The summed E-state index contributed by atoms with van der Waals surface area (Å²) in [6.45, 7) is 4.90. The van der Waals surface area contributed by atoms with Gasteiger partial charge in [0.1, 0.15) is 11.4 Å². The third-order valence-corrected chi connectivity index (χ3v) is 4.30. The van der Waals surface area contributed by atoms with Gasteiger partial charge in [-0.2, -0.15) is 0 Å². The van der Waals surface area contributed by atoms with Gasteiger partial charge in [-0.1, -0.05) is 20.3 Å². The molecule has 4 heteroatoms. The lowest BCUT2D eigenvalue weighted by Crippen LogP contribution is -2.48. The first kappa shape index (κ1) is 16.8. The van der Waals surface area contributed by atoms with E-state index in [-0.39, 0.29) is 5.91 Å². The number of hydrogen-bond acceptors (Lipinski definition) is 3. The van der Waals surface area contributed by atoms with E-state index in [1.165, 1.54) is 6.42 Å². The Morgan fingerprint density at radius 2 is 2.09 bits per heavy atom. The molecular weight excluding hydrogens is 278 g/mol. The van der Waals surface area contributed by atoms with Crippen LogP contribution < -0.4 is 10.1 Å². The fourth-order valence-corrected chi connectivity index (χ4v) is 3.12. The zero-order valence-corrected chi connectivity index (χ0v) is 13.9. The van der Waals surface area contributed by atoms with Crippen LogP contribution in [0.1, 0.15) is 46.0 Å². The van der Waals surface area contributed by atoms with E-state index in [1.807, 2.05) is 24.3 Å². The number of amides is 1. The summed E-state index contributed by atoms with van der Waals surface area (Å²) < 4.78 is 11.2. The van der Waals surface area contributed by atoms with E-state index in [9.17, 15) is 4.79 Å². The highest BCUT2D eigenvalue weighted by Gasteiger charge is 2.42. The molecule has 0 aliphatic heterocycles. The number of carbonyl (C=O) groups is 1. The quantitative estimate of drug-likeness (QED) is 0.864. The Morgan fingerprint density at radius 1 is 1.36 bits per heavy atom. The van der Waals surface area contributed by atoms with Crippen molar-refractivity contribution in [3.63, 3.8) is 0 Å². The van der Waals surface area contributed by atoms with Crippen LogP contribution in [0.5, 0.6) is 5.75 Å². The predicted molar refractivity (Wildman–Crippen MR) is 88.2 cm³/mol. The first-order valence-corrected chi connectivity index (χ1v) is 8.19. The van der Waals surface area contributed by atoms with Crippen LogP contribution in [-0.2, 0) is 9.53 Å². The minimum atomic E-state index is -0.673. The normalized spacial score (nSPS) is 24.8. The number of benzene rings is 1. The molecule has 1 aromatic carbocycles. The van der Waals surface area contributed by atoms with Crippen LogP contribution in [0.25, 0.3) is 0 Å². The second-order valence-electron chi connectivity index (χ2n) is 6.23. The summed E-state index contributed by atoms with van der Waals surface area (Å²) >= 11 is 0. The average Bonchev–Trinajstić information content (AvgIpc) is 2.53. The molecule has 1 aliphatic carbocycles. The van der Waals surface area contributed by atoms with Gasteiger partial charge in [-0.3, -0.25) is 4.79 Å². The number of carbonyl (C=O) groups excluding carboxylic acids is 1. The van der Waals surface area contributed by atoms with E-state index < -0.39 is 5.60 Å². The summed E-state index contributed by atoms with van der Waals surface area (Å²) in [6, 6.07) is 7.41. The molecule has 1 aliphatic rings. The summed E-state index contributed by atoms with van der Waals surface area (Å²) in [6.07, 6.45) is 4.74. The molecule has 2 rings (SSSR count). The molecule has 0 spiro atoms. The number of methoxy groups -OCH3 is 1. The van der Waals surface area contributed by atoms with Crippen molar-refractivity contribution in [2.24, 2.45) is 5.92 Å². The molecule has 0 heterocycles. The Hall–Kier alpha value is -1.55. The van der Waals surface area contributed by atoms with Gasteiger partial charge in [-0.05, 0) is 55.9 Å². The smallest absolute Gasteiger partial charge is 0.256 e. The second-order valence-corrected chi connectivity index (χ2v) is 6.23. The molecule has 1 N–H and O–H groups in total. The SMILES string of the molecule is CCCO[C@@]1(C(=O)Nc2ccc(OC)cc2)CCC[C@H](C)C1. The summed E-state index contributed by atoms with van der Waals surface area (Å²) in [5, 5.41) is 3.01. The van der Waals surface area contributed by atoms with Crippen molar-refractivity contribution in [2.75, 3.05) is 19.0 Å². The molecule has 0 saturated heterocycles. The van der Waals surface area contributed by atoms with Crippen LogP contribution in [0, 0.1) is 5.92 Å². The van der Waals surface area contributed by atoms with Gasteiger partial charge < -0.3 is 14.8 Å². The van der Waals surface area contributed by atoms with Crippen molar-refractivity contribution in [1.29, 1.82) is 0 Å². The molecule has 122 valence electrons. The zero-order valence-electron chi connectivity index (χ0n) is 13.9. The summed E-state index contributed by atoms with van der Waals surface area (Å²) in [5.41, 5.74) is 0.108. The molecule has 4 nitrogen and oxygen atoms in total. The van der Waals surface area contributed by atoms with Crippen LogP contribution in [0.15, 0.2) is 24.3 Å². The Labute approximate surface area is 133 Å². The molecule has 0 radical (unpaired) electrons. The molecule has 2 atom stereocenters. The number of nitrogens with one attached hydrogen (secondary N) is 1. The molecule has 0 unspecified atom stereocenters. The number of hydrogen-bond donors (Lipinski definition) is 1. The van der Waals surface area contributed by atoms with E-state index in [0.717, 1.165) is 37.1 Å². The Balaban J connectivity index is 2.10. The van der Waals surface area contributed by atoms with Crippen molar-refractivity contribution in [1.82, 2.24) is 0 Å². The van der Waals surface area contributed by atoms with Crippen molar-refractivity contribution in [3.05, 3.63) is 24.3 Å². The lowest BCUT2D eigenvalue weighted by molar-refractivity contribution is -0.148. The molecule has 1 amide bonds. The van der Waals surface area contributed by atoms with Crippen molar-refractivity contribution in [2.45, 2.75) is 51.6 Å². The van der Waals surface area contributed by atoms with Crippen LogP contribution in [0.3, 0.4) is 0 Å². The third kappa shape index (κ3) is 4.01. The molecule has 22 heavy (non-hydrogen) atoms. The number of rotatable bonds is 6. The third-order valence-electron chi connectivity index (χ3n) is 4.30. The maximum atomic E-state index is 12.8. The first-order valence-electron chi connectivity index (χ1n) is 8.19. The average molecular weight is 305 g/mol. The maximum absolute atomic E-state index is 12.8. The Kier molecular flexibility index (Phi) is 5.83. The van der Waals surface area contributed by atoms with E-state index in [2.05, 4.69) is 19.2 Å². The minimum Gasteiger partial charge on any atom is -0.497 e. The molecule has 0 bridgehead atoms. The fraction of sp³-hybridized carbons (Fsp3) is 0.611. The molecule has 0 aromatic heterocycles. The van der Waals surface area contributed by atoms with Crippen molar-refractivity contribution >= 4 is 11.6 Å². The standard InChI is InChI=1S/C18H27NO3/c1-4-12-22-18(11-5-6-14(2)13-18)17(20)19-15-7-9-16(21-3)10-8-15/h7-10,14H,4-6,11-13H2,1-3H3,(H,19,20)/t14-,18-/m0/s1. The van der Waals surface area contributed by atoms with Gasteiger partial charge in [-0.25, -0.2) is 0 Å². The van der Waals surface area contributed by atoms with E-state index in [4.69, 9.17) is 9.47 Å². The van der Waals surface area contributed by atoms with Crippen LogP contribution in [-0.4, -0.2) is 25.2 Å².